The molecule has 3 aromatic rings. The molecule has 5 heteroatoms. The van der Waals surface area contributed by atoms with Gasteiger partial charge in [0.05, 0.1) is 18.4 Å². The van der Waals surface area contributed by atoms with Crippen molar-refractivity contribution < 1.29 is 9.53 Å². The molecule has 3 rings (SSSR count). The Hall–Kier alpha value is -3.34. The van der Waals surface area contributed by atoms with Gasteiger partial charge in [-0.25, -0.2) is 4.98 Å². The maximum Gasteiger partial charge on any atom is 0.255 e. The van der Waals surface area contributed by atoms with Crippen LogP contribution in [0.3, 0.4) is 0 Å². The Labute approximate surface area is 153 Å². The molecule has 1 heterocycles. The zero-order valence-corrected chi connectivity index (χ0v) is 14.6. The van der Waals surface area contributed by atoms with E-state index in [1.807, 2.05) is 54.6 Å². The smallest absolute Gasteiger partial charge is 0.255 e. The predicted molar refractivity (Wildman–Crippen MR) is 103 cm³/mol. The Morgan fingerprint density at radius 2 is 1.77 bits per heavy atom. The number of rotatable bonds is 7. The van der Waals surface area contributed by atoms with E-state index in [-0.39, 0.29) is 5.91 Å². The monoisotopic (exact) mass is 347 g/mol. The van der Waals surface area contributed by atoms with Crippen molar-refractivity contribution in [2.75, 3.05) is 19.0 Å². The lowest BCUT2D eigenvalue weighted by atomic mass is 10.1. The van der Waals surface area contributed by atoms with Gasteiger partial charge in [0.1, 0.15) is 11.6 Å². The molecule has 0 saturated carbocycles. The Morgan fingerprint density at radius 1 is 1.00 bits per heavy atom. The number of methoxy groups -OCH3 is 1. The van der Waals surface area contributed by atoms with Gasteiger partial charge in [-0.1, -0.05) is 42.5 Å². The van der Waals surface area contributed by atoms with Crippen molar-refractivity contribution in [3.05, 3.63) is 84.1 Å². The molecule has 0 atom stereocenters. The van der Waals surface area contributed by atoms with Crippen LogP contribution in [0.2, 0.25) is 0 Å². The summed E-state index contributed by atoms with van der Waals surface area (Å²) in [7, 11) is 1.61. The van der Waals surface area contributed by atoms with Crippen LogP contribution in [0.15, 0.2) is 72.9 Å². The molecule has 0 aliphatic carbocycles. The number of para-hydroxylation sites is 2. The van der Waals surface area contributed by atoms with E-state index in [1.54, 1.807) is 25.4 Å². The van der Waals surface area contributed by atoms with Crippen molar-refractivity contribution in [2.24, 2.45) is 0 Å². The summed E-state index contributed by atoms with van der Waals surface area (Å²) in [6, 6.07) is 21.1. The molecule has 26 heavy (non-hydrogen) atoms. The number of ether oxygens (including phenoxy) is 1. The number of nitrogens with zero attached hydrogens (tertiary/aromatic N) is 1. The number of anilines is 2. The molecular formula is C21H21N3O2. The van der Waals surface area contributed by atoms with Gasteiger partial charge in [-0.3, -0.25) is 4.79 Å². The third kappa shape index (κ3) is 4.39. The van der Waals surface area contributed by atoms with Gasteiger partial charge in [0, 0.05) is 12.7 Å². The van der Waals surface area contributed by atoms with Gasteiger partial charge in [0.25, 0.3) is 5.91 Å². The highest BCUT2D eigenvalue weighted by atomic mass is 16.5. The van der Waals surface area contributed by atoms with E-state index in [1.165, 1.54) is 5.56 Å². The minimum Gasteiger partial charge on any atom is -0.495 e. The number of pyridine rings is 1. The molecule has 5 nitrogen and oxygen atoms in total. The number of amides is 1. The minimum absolute atomic E-state index is 0.161. The summed E-state index contributed by atoms with van der Waals surface area (Å²) < 4.78 is 5.34. The summed E-state index contributed by atoms with van der Waals surface area (Å²) in [5.41, 5.74) is 2.44. The number of carbonyl (C=O) groups excluding carboxylic acids is 1. The number of hydrogen-bond acceptors (Lipinski definition) is 4. The lowest BCUT2D eigenvalue weighted by molar-refractivity contribution is 0.0954. The molecular weight excluding hydrogens is 326 g/mol. The molecule has 0 aliphatic rings. The number of carbonyl (C=O) groups is 1. The van der Waals surface area contributed by atoms with Crippen molar-refractivity contribution >= 4 is 17.4 Å². The average Bonchev–Trinajstić information content (AvgIpc) is 2.69. The van der Waals surface area contributed by atoms with Crippen LogP contribution in [0, 0.1) is 0 Å². The molecule has 0 unspecified atom stereocenters. The van der Waals surface area contributed by atoms with Gasteiger partial charge >= 0.3 is 0 Å². The zero-order chi connectivity index (χ0) is 18.2. The van der Waals surface area contributed by atoms with E-state index in [2.05, 4.69) is 15.6 Å². The summed E-state index contributed by atoms with van der Waals surface area (Å²) in [6.07, 6.45) is 2.43. The Kier molecular flexibility index (Phi) is 5.83. The number of aromatic nitrogens is 1. The van der Waals surface area contributed by atoms with E-state index < -0.39 is 0 Å². The number of hydrogen-bond donors (Lipinski definition) is 2. The number of benzene rings is 2. The number of nitrogens with one attached hydrogen (secondary N) is 2. The molecule has 0 saturated heterocycles. The second-order valence-electron chi connectivity index (χ2n) is 5.72. The molecule has 0 spiro atoms. The van der Waals surface area contributed by atoms with E-state index in [0.29, 0.717) is 23.7 Å². The van der Waals surface area contributed by atoms with Crippen LogP contribution in [0.5, 0.6) is 5.75 Å². The Bertz CT molecular complexity index is 866. The fraction of sp³-hybridized carbons (Fsp3) is 0.143. The summed E-state index contributed by atoms with van der Waals surface area (Å²) in [5.74, 6) is 1.02. The standard InChI is InChI=1S/C21H21N3O2/c1-26-19-12-6-5-11-18(19)24-20-17(10-7-14-22-20)21(25)23-15-13-16-8-3-2-4-9-16/h2-12,14H,13,15H2,1H3,(H,22,24)(H,23,25). The molecule has 2 aromatic carbocycles. The first-order valence-electron chi connectivity index (χ1n) is 8.45. The second-order valence-corrected chi connectivity index (χ2v) is 5.72. The van der Waals surface area contributed by atoms with Crippen LogP contribution in [0.25, 0.3) is 0 Å². The van der Waals surface area contributed by atoms with Crippen molar-refractivity contribution in [3.8, 4) is 5.75 Å². The van der Waals surface area contributed by atoms with E-state index in [9.17, 15) is 4.79 Å². The summed E-state index contributed by atoms with van der Waals surface area (Å²) in [6.45, 7) is 0.561. The van der Waals surface area contributed by atoms with E-state index >= 15 is 0 Å². The fourth-order valence-electron chi connectivity index (χ4n) is 2.62. The van der Waals surface area contributed by atoms with Crippen molar-refractivity contribution in [1.29, 1.82) is 0 Å². The van der Waals surface area contributed by atoms with Gasteiger partial charge in [-0.2, -0.15) is 0 Å². The van der Waals surface area contributed by atoms with Crippen LogP contribution in [0.1, 0.15) is 15.9 Å². The quantitative estimate of drug-likeness (QED) is 0.682. The molecule has 132 valence electrons. The fourth-order valence-corrected chi connectivity index (χ4v) is 2.62. The van der Waals surface area contributed by atoms with Crippen LogP contribution < -0.4 is 15.4 Å². The SMILES string of the molecule is COc1ccccc1Nc1ncccc1C(=O)NCCc1ccccc1. The summed E-state index contributed by atoms with van der Waals surface area (Å²) in [5, 5.41) is 6.14. The average molecular weight is 347 g/mol. The van der Waals surface area contributed by atoms with Crippen molar-refractivity contribution in [3.63, 3.8) is 0 Å². The largest absolute Gasteiger partial charge is 0.495 e. The third-order valence-corrected chi connectivity index (χ3v) is 3.95. The topological polar surface area (TPSA) is 63.2 Å². The van der Waals surface area contributed by atoms with Crippen LogP contribution >= 0.6 is 0 Å². The van der Waals surface area contributed by atoms with Crippen molar-refractivity contribution in [1.82, 2.24) is 10.3 Å². The van der Waals surface area contributed by atoms with Crippen molar-refractivity contribution in [2.45, 2.75) is 6.42 Å². The normalized spacial score (nSPS) is 10.2. The van der Waals surface area contributed by atoms with Gasteiger partial charge in [-0.15, -0.1) is 0 Å². The highest BCUT2D eigenvalue weighted by Gasteiger charge is 2.13. The highest BCUT2D eigenvalue weighted by Crippen LogP contribution is 2.27. The van der Waals surface area contributed by atoms with E-state index in [4.69, 9.17) is 4.74 Å². The second kappa shape index (κ2) is 8.67. The lowest BCUT2D eigenvalue weighted by Gasteiger charge is -2.13. The lowest BCUT2D eigenvalue weighted by Crippen LogP contribution is -2.26. The van der Waals surface area contributed by atoms with Crippen LogP contribution in [-0.2, 0) is 6.42 Å². The molecule has 0 fully saturated rings. The van der Waals surface area contributed by atoms with Gasteiger partial charge in [0.2, 0.25) is 0 Å². The molecule has 0 radical (unpaired) electrons. The zero-order valence-electron chi connectivity index (χ0n) is 14.6. The highest BCUT2D eigenvalue weighted by molar-refractivity contribution is 5.99. The Morgan fingerprint density at radius 3 is 2.58 bits per heavy atom. The van der Waals surface area contributed by atoms with Gasteiger partial charge in [-0.05, 0) is 36.2 Å². The first-order valence-corrected chi connectivity index (χ1v) is 8.45. The van der Waals surface area contributed by atoms with E-state index in [0.717, 1.165) is 12.1 Å². The van der Waals surface area contributed by atoms with Crippen LogP contribution in [0.4, 0.5) is 11.5 Å². The molecule has 2 N–H and O–H groups in total. The first-order chi connectivity index (χ1) is 12.8. The first kappa shape index (κ1) is 17.5. The molecule has 1 amide bonds. The van der Waals surface area contributed by atoms with Crippen LogP contribution in [-0.4, -0.2) is 24.5 Å². The molecule has 1 aromatic heterocycles. The third-order valence-electron chi connectivity index (χ3n) is 3.95. The Balaban J connectivity index is 1.69. The summed E-state index contributed by atoms with van der Waals surface area (Å²) in [4.78, 5) is 16.9. The van der Waals surface area contributed by atoms with Gasteiger partial charge < -0.3 is 15.4 Å². The van der Waals surface area contributed by atoms with Gasteiger partial charge in [0.15, 0.2) is 0 Å². The predicted octanol–water partition coefficient (Wildman–Crippen LogP) is 3.81. The maximum absolute atomic E-state index is 12.6. The molecule has 0 aliphatic heterocycles. The summed E-state index contributed by atoms with van der Waals surface area (Å²) >= 11 is 0. The molecule has 0 bridgehead atoms. The minimum atomic E-state index is -0.161. The maximum atomic E-state index is 12.6.